The van der Waals surface area contributed by atoms with Gasteiger partial charge in [-0.1, -0.05) is 0 Å². The summed E-state index contributed by atoms with van der Waals surface area (Å²) in [6.07, 6.45) is 4.76. The van der Waals surface area contributed by atoms with Crippen molar-refractivity contribution in [2.75, 3.05) is 11.9 Å². The fourth-order valence-corrected chi connectivity index (χ4v) is 1.54. The van der Waals surface area contributed by atoms with E-state index in [0.717, 1.165) is 17.9 Å². The number of hydrogen-bond acceptors (Lipinski definition) is 4. The summed E-state index contributed by atoms with van der Waals surface area (Å²) in [6, 6.07) is 5.27. The van der Waals surface area contributed by atoms with Crippen molar-refractivity contribution in [3.8, 4) is 0 Å². The zero-order valence-corrected chi connectivity index (χ0v) is 9.63. The average molecular weight is 230 g/mol. The van der Waals surface area contributed by atoms with Crippen LogP contribution in [0.4, 0.5) is 5.82 Å². The minimum atomic E-state index is -0.0539. The molecule has 0 radical (unpaired) electrons. The topological polar surface area (TPSA) is 59.8 Å². The SMILES string of the molecule is CCNc1cc(Cn2cnccc2=O)ccn1. The molecule has 0 spiro atoms. The average Bonchev–Trinajstić information content (AvgIpc) is 2.33. The molecule has 0 unspecified atom stereocenters. The van der Waals surface area contributed by atoms with E-state index in [0.29, 0.717) is 6.54 Å². The summed E-state index contributed by atoms with van der Waals surface area (Å²) in [5.41, 5.74) is 0.966. The van der Waals surface area contributed by atoms with E-state index < -0.39 is 0 Å². The van der Waals surface area contributed by atoms with E-state index in [1.54, 1.807) is 10.8 Å². The quantitative estimate of drug-likeness (QED) is 0.855. The lowest BCUT2D eigenvalue weighted by Crippen LogP contribution is -2.19. The van der Waals surface area contributed by atoms with E-state index in [1.165, 1.54) is 18.6 Å². The molecule has 2 aromatic heterocycles. The molecule has 0 fully saturated rings. The summed E-state index contributed by atoms with van der Waals surface area (Å²) >= 11 is 0. The summed E-state index contributed by atoms with van der Waals surface area (Å²) < 4.78 is 1.56. The molecule has 0 aliphatic carbocycles. The van der Waals surface area contributed by atoms with Crippen molar-refractivity contribution < 1.29 is 0 Å². The highest BCUT2D eigenvalue weighted by Crippen LogP contribution is 2.07. The second kappa shape index (κ2) is 5.25. The van der Waals surface area contributed by atoms with Crippen LogP contribution >= 0.6 is 0 Å². The second-order valence-corrected chi connectivity index (χ2v) is 3.63. The van der Waals surface area contributed by atoms with Crippen molar-refractivity contribution in [1.82, 2.24) is 14.5 Å². The monoisotopic (exact) mass is 230 g/mol. The highest BCUT2D eigenvalue weighted by Gasteiger charge is 1.99. The lowest BCUT2D eigenvalue weighted by atomic mass is 10.2. The molecular weight excluding hydrogens is 216 g/mol. The number of anilines is 1. The van der Waals surface area contributed by atoms with E-state index in [1.807, 2.05) is 19.1 Å². The van der Waals surface area contributed by atoms with Crippen molar-refractivity contribution >= 4 is 5.82 Å². The molecule has 0 atom stereocenters. The normalized spacial score (nSPS) is 10.2. The van der Waals surface area contributed by atoms with Crippen molar-refractivity contribution in [3.05, 3.63) is 52.8 Å². The number of aromatic nitrogens is 3. The first-order valence-corrected chi connectivity index (χ1v) is 5.49. The first-order valence-electron chi connectivity index (χ1n) is 5.49. The largest absolute Gasteiger partial charge is 0.370 e. The summed E-state index contributed by atoms with van der Waals surface area (Å²) in [6.45, 7) is 3.34. The minimum absolute atomic E-state index is 0.0539. The van der Waals surface area contributed by atoms with Crippen LogP contribution in [0.3, 0.4) is 0 Å². The van der Waals surface area contributed by atoms with Crippen molar-refractivity contribution in [2.24, 2.45) is 0 Å². The van der Waals surface area contributed by atoms with Crippen LogP contribution in [0.15, 0.2) is 41.7 Å². The van der Waals surface area contributed by atoms with Gasteiger partial charge in [-0.05, 0) is 24.6 Å². The number of nitrogens with zero attached hydrogens (tertiary/aromatic N) is 3. The lowest BCUT2D eigenvalue weighted by molar-refractivity contribution is 0.735. The molecule has 0 bridgehead atoms. The molecule has 2 aromatic rings. The fourth-order valence-electron chi connectivity index (χ4n) is 1.54. The summed E-state index contributed by atoms with van der Waals surface area (Å²) in [5.74, 6) is 0.821. The van der Waals surface area contributed by atoms with Crippen LogP contribution in [0.25, 0.3) is 0 Å². The predicted molar refractivity (Wildman–Crippen MR) is 66.0 cm³/mol. The Morgan fingerprint density at radius 1 is 1.35 bits per heavy atom. The van der Waals surface area contributed by atoms with Gasteiger partial charge in [-0.2, -0.15) is 0 Å². The molecule has 0 saturated heterocycles. The molecule has 5 nitrogen and oxygen atoms in total. The van der Waals surface area contributed by atoms with E-state index in [-0.39, 0.29) is 5.56 Å². The van der Waals surface area contributed by atoms with Gasteiger partial charge in [-0.25, -0.2) is 9.97 Å². The number of pyridine rings is 1. The van der Waals surface area contributed by atoms with Gasteiger partial charge in [-0.3, -0.25) is 9.36 Å². The molecule has 0 saturated carbocycles. The summed E-state index contributed by atoms with van der Waals surface area (Å²) in [4.78, 5) is 19.6. The maximum Gasteiger partial charge on any atom is 0.253 e. The number of nitrogens with one attached hydrogen (secondary N) is 1. The standard InChI is InChI=1S/C12H14N4O/c1-2-14-11-7-10(3-6-15-11)8-16-9-13-5-4-12(16)17/h3-7,9H,2,8H2,1H3,(H,14,15). The second-order valence-electron chi connectivity index (χ2n) is 3.63. The molecule has 88 valence electrons. The van der Waals surface area contributed by atoms with Crippen LogP contribution in [0, 0.1) is 0 Å². The van der Waals surface area contributed by atoms with Gasteiger partial charge in [-0.15, -0.1) is 0 Å². The molecule has 0 aliphatic heterocycles. The van der Waals surface area contributed by atoms with E-state index in [4.69, 9.17) is 0 Å². The van der Waals surface area contributed by atoms with Gasteiger partial charge in [0.05, 0.1) is 12.9 Å². The van der Waals surface area contributed by atoms with Gasteiger partial charge < -0.3 is 5.32 Å². The molecular formula is C12H14N4O. The highest BCUT2D eigenvalue weighted by molar-refractivity contribution is 5.37. The van der Waals surface area contributed by atoms with Gasteiger partial charge >= 0.3 is 0 Å². The zero-order chi connectivity index (χ0) is 12.1. The van der Waals surface area contributed by atoms with Crippen molar-refractivity contribution in [1.29, 1.82) is 0 Å². The zero-order valence-electron chi connectivity index (χ0n) is 9.63. The molecule has 0 aliphatic rings. The Labute approximate surface area is 99.2 Å². The molecule has 5 heteroatoms. The van der Waals surface area contributed by atoms with E-state index in [9.17, 15) is 4.79 Å². The molecule has 0 aromatic carbocycles. The van der Waals surface area contributed by atoms with Gasteiger partial charge in [0.1, 0.15) is 5.82 Å². The van der Waals surface area contributed by atoms with Gasteiger partial charge in [0.25, 0.3) is 5.56 Å². The maximum absolute atomic E-state index is 11.5. The smallest absolute Gasteiger partial charge is 0.253 e. The van der Waals surface area contributed by atoms with Crippen LogP contribution in [0.2, 0.25) is 0 Å². The molecule has 2 rings (SSSR count). The third kappa shape index (κ3) is 2.90. The Morgan fingerprint density at radius 2 is 2.24 bits per heavy atom. The van der Waals surface area contributed by atoms with Gasteiger partial charge in [0, 0.05) is 25.0 Å². The molecule has 17 heavy (non-hydrogen) atoms. The Hall–Kier alpha value is -2.17. The minimum Gasteiger partial charge on any atom is -0.370 e. The lowest BCUT2D eigenvalue weighted by Gasteiger charge is -2.07. The number of rotatable bonds is 4. The molecule has 2 heterocycles. The maximum atomic E-state index is 11.5. The Morgan fingerprint density at radius 3 is 3.00 bits per heavy atom. The van der Waals surface area contributed by atoms with Crippen LogP contribution < -0.4 is 10.9 Å². The highest BCUT2D eigenvalue weighted by atomic mass is 16.1. The third-order valence-electron chi connectivity index (χ3n) is 2.33. The predicted octanol–water partition coefficient (Wildman–Crippen LogP) is 1.12. The summed E-state index contributed by atoms with van der Waals surface area (Å²) in [5, 5.41) is 3.13. The Bertz CT molecular complexity index is 550. The number of hydrogen-bond donors (Lipinski definition) is 1. The first kappa shape index (κ1) is 11.3. The Balaban J connectivity index is 2.21. The van der Waals surface area contributed by atoms with Crippen molar-refractivity contribution in [2.45, 2.75) is 13.5 Å². The third-order valence-corrected chi connectivity index (χ3v) is 2.33. The first-order chi connectivity index (χ1) is 8.29. The fraction of sp³-hybridized carbons (Fsp3) is 0.250. The molecule has 1 N–H and O–H groups in total. The summed E-state index contributed by atoms with van der Waals surface area (Å²) in [7, 11) is 0. The van der Waals surface area contributed by atoms with Gasteiger partial charge in [0.2, 0.25) is 0 Å². The van der Waals surface area contributed by atoms with Crippen LogP contribution in [-0.4, -0.2) is 21.1 Å². The van der Waals surface area contributed by atoms with Crippen LogP contribution in [0.1, 0.15) is 12.5 Å². The van der Waals surface area contributed by atoms with Crippen LogP contribution in [-0.2, 0) is 6.54 Å². The van der Waals surface area contributed by atoms with Crippen LogP contribution in [0.5, 0.6) is 0 Å². The van der Waals surface area contributed by atoms with Gasteiger partial charge in [0.15, 0.2) is 0 Å². The Kier molecular flexibility index (Phi) is 3.49. The van der Waals surface area contributed by atoms with E-state index >= 15 is 0 Å². The van der Waals surface area contributed by atoms with Crippen molar-refractivity contribution in [3.63, 3.8) is 0 Å². The van der Waals surface area contributed by atoms with E-state index in [2.05, 4.69) is 15.3 Å². The molecule has 0 amide bonds.